The third-order valence-corrected chi connectivity index (χ3v) is 5.09. The Bertz CT molecular complexity index is 278. The summed E-state index contributed by atoms with van der Waals surface area (Å²) in [6.45, 7) is 11.3. The van der Waals surface area contributed by atoms with E-state index in [1.54, 1.807) is 0 Å². The minimum absolute atomic E-state index is 0.268. The second kappa shape index (κ2) is 9.12. The number of nitrogens with two attached hydrogens (primary N) is 1. The van der Waals surface area contributed by atoms with Crippen LogP contribution >= 0.6 is 0 Å². The van der Waals surface area contributed by atoms with E-state index in [0.29, 0.717) is 0 Å². The average Bonchev–Trinajstić information content (AvgIpc) is 2.42. The maximum atomic E-state index is 6.31. The van der Waals surface area contributed by atoms with Crippen LogP contribution in [0.15, 0.2) is 0 Å². The third-order valence-electron chi connectivity index (χ3n) is 5.09. The van der Waals surface area contributed by atoms with Gasteiger partial charge in [-0.1, -0.05) is 33.6 Å². The molecule has 1 rings (SSSR count). The molecular weight excluding hydrogens is 258 g/mol. The van der Waals surface area contributed by atoms with Crippen molar-refractivity contribution in [1.82, 2.24) is 9.80 Å². The van der Waals surface area contributed by atoms with E-state index in [-0.39, 0.29) is 5.54 Å². The zero-order chi connectivity index (χ0) is 15.9. The number of rotatable bonds is 9. The molecule has 0 amide bonds. The molecular formula is C18H39N3. The highest BCUT2D eigenvalue weighted by Crippen LogP contribution is 2.39. The zero-order valence-electron chi connectivity index (χ0n) is 15.2. The van der Waals surface area contributed by atoms with E-state index >= 15 is 0 Å². The molecule has 126 valence electrons. The molecule has 1 fully saturated rings. The average molecular weight is 298 g/mol. The molecule has 0 aromatic carbocycles. The highest BCUT2D eigenvalue weighted by Gasteiger charge is 2.39. The van der Waals surface area contributed by atoms with Crippen LogP contribution in [0.3, 0.4) is 0 Å². The summed E-state index contributed by atoms with van der Waals surface area (Å²) >= 11 is 0. The van der Waals surface area contributed by atoms with E-state index in [0.717, 1.165) is 31.5 Å². The summed E-state index contributed by atoms with van der Waals surface area (Å²) in [4.78, 5) is 5.01. The number of hydrogen-bond donors (Lipinski definition) is 1. The molecule has 2 atom stereocenters. The van der Waals surface area contributed by atoms with E-state index in [9.17, 15) is 0 Å². The minimum atomic E-state index is 0.268. The van der Waals surface area contributed by atoms with Gasteiger partial charge in [0.2, 0.25) is 0 Å². The van der Waals surface area contributed by atoms with Gasteiger partial charge >= 0.3 is 0 Å². The summed E-state index contributed by atoms with van der Waals surface area (Å²) in [5.74, 6) is 1.69. The van der Waals surface area contributed by atoms with Crippen molar-refractivity contribution in [3.8, 4) is 0 Å². The lowest BCUT2D eigenvalue weighted by Gasteiger charge is -2.49. The first-order valence-corrected chi connectivity index (χ1v) is 9.03. The molecule has 0 aromatic heterocycles. The van der Waals surface area contributed by atoms with Gasteiger partial charge in [-0.25, -0.2) is 0 Å². The van der Waals surface area contributed by atoms with Gasteiger partial charge in [0.05, 0.1) is 0 Å². The second-order valence-corrected chi connectivity index (χ2v) is 7.81. The van der Waals surface area contributed by atoms with Crippen LogP contribution in [0.5, 0.6) is 0 Å². The van der Waals surface area contributed by atoms with Gasteiger partial charge in [0, 0.05) is 25.2 Å². The second-order valence-electron chi connectivity index (χ2n) is 7.81. The van der Waals surface area contributed by atoms with Gasteiger partial charge in [0.15, 0.2) is 0 Å². The number of likely N-dealkylation sites (N-methyl/N-ethyl adjacent to an activating group) is 1. The van der Waals surface area contributed by atoms with Crippen LogP contribution in [0, 0.1) is 11.8 Å². The quantitative estimate of drug-likeness (QED) is 0.709. The summed E-state index contributed by atoms with van der Waals surface area (Å²) in [7, 11) is 4.34. The molecule has 0 heterocycles. The largest absolute Gasteiger partial charge is 0.329 e. The summed E-state index contributed by atoms with van der Waals surface area (Å²) in [5.41, 5.74) is 6.58. The lowest BCUT2D eigenvalue weighted by molar-refractivity contribution is 0.0269. The Kier molecular flexibility index (Phi) is 8.22. The molecule has 1 saturated carbocycles. The van der Waals surface area contributed by atoms with Crippen LogP contribution in [0.1, 0.15) is 59.3 Å². The van der Waals surface area contributed by atoms with Gasteiger partial charge in [-0.2, -0.15) is 0 Å². The van der Waals surface area contributed by atoms with Crippen LogP contribution < -0.4 is 5.73 Å². The Balaban J connectivity index is 2.76. The van der Waals surface area contributed by atoms with Crippen LogP contribution in [-0.4, -0.2) is 55.6 Å². The Morgan fingerprint density at radius 1 is 1.19 bits per heavy atom. The van der Waals surface area contributed by atoms with Crippen molar-refractivity contribution in [2.75, 3.05) is 40.3 Å². The molecule has 2 N–H and O–H groups in total. The Hall–Kier alpha value is -0.120. The van der Waals surface area contributed by atoms with Crippen molar-refractivity contribution in [3.63, 3.8) is 0 Å². The van der Waals surface area contributed by atoms with Crippen LogP contribution in [-0.2, 0) is 0 Å². The van der Waals surface area contributed by atoms with Gasteiger partial charge in [-0.05, 0) is 58.2 Å². The normalized spacial score (nSPS) is 27.0. The molecule has 1 aliphatic rings. The van der Waals surface area contributed by atoms with Gasteiger partial charge in [-0.3, -0.25) is 4.90 Å². The molecule has 0 saturated heterocycles. The van der Waals surface area contributed by atoms with E-state index in [2.05, 4.69) is 44.7 Å². The molecule has 0 spiro atoms. The number of nitrogens with zero attached hydrogens (tertiary/aromatic N) is 2. The summed E-state index contributed by atoms with van der Waals surface area (Å²) in [6.07, 6.45) is 7.98. The molecule has 3 nitrogen and oxygen atoms in total. The smallest absolute Gasteiger partial charge is 0.0334 e. The van der Waals surface area contributed by atoms with E-state index in [4.69, 9.17) is 5.73 Å². The molecule has 1 aliphatic carbocycles. The summed E-state index contributed by atoms with van der Waals surface area (Å²) in [5, 5.41) is 0. The maximum absolute atomic E-state index is 6.31. The van der Waals surface area contributed by atoms with E-state index < -0.39 is 0 Å². The molecule has 0 radical (unpaired) electrons. The van der Waals surface area contributed by atoms with E-state index in [1.807, 2.05) is 0 Å². The number of hydrogen-bond acceptors (Lipinski definition) is 3. The topological polar surface area (TPSA) is 32.5 Å². The summed E-state index contributed by atoms with van der Waals surface area (Å²) < 4.78 is 0. The Morgan fingerprint density at radius 2 is 1.90 bits per heavy atom. The zero-order valence-corrected chi connectivity index (χ0v) is 15.2. The third kappa shape index (κ3) is 5.88. The first kappa shape index (κ1) is 18.9. The molecule has 21 heavy (non-hydrogen) atoms. The summed E-state index contributed by atoms with van der Waals surface area (Å²) in [6, 6.07) is 0. The molecule has 2 unspecified atom stereocenters. The monoisotopic (exact) mass is 297 g/mol. The molecule has 3 heteroatoms. The SMILES string of the molecule is CCCN(CCN(C)C)C1(CN)CCCC(CC(C)C)C1. The fourth-order valence-electron chi connectivity index (χ4n) is 4.11. The van der Waals surface area contributed by atoms with Crippen LogP contribution in [0.2, 0.25) is 0 Å². The van der Waals surface area contributed by atoms with Gasteiger partial charge in [0.25, 0.3) is 0 Å². The Labute approximate surface area is 133 Å². The van der Waals surface area contributed by atoms with Crippen molar-refractivity contribution in [2.24, 2.45) is 17.6 Å². The fraction of sp³-hybridized carbons (Fsp3) is 1.00. The Morgan fingerprint density at radius 3 is 2.43 bits per heavy atom. The lowest BCUT2D eigenvalue weighted by Crippen LogP contribution is -2.58. The van der Waals surface area contributed by atoms with Gasteiger partial charge in [0.1, 0.15) is 0 Å². The van der Waals surface area contributed by atoms with Crippen LogP contribution in [0.4, 0.5) is 0 Å². The van der Waals surface area contributed by atoms with Crippen molar-refractivity contribution >= 4 is 0 Å². The molecule has 0 bridgehead atoms. The predicted molar refractivity (Wildman–Crippen MR) is 93.6 cm³/mol. The van der Waals surface area contributed by atoms with Crippen LogP contribution in [0.25, 0.3) is 0 Å². The van der Waals surface area contributed by atoms with Crippen molar-refractivity contribution in [2.45, 2.75) is 64.8 Å². The standard InChI is InChI=1S/C18H39N3/c1-6-10-21(12-11-20(4)5)18(15-19)9-7-8-17(14-18)13-16(2)3/h16-17H,6-15,19H2,1-5H3. The lowest BCUT2D eigenvalue weighted by atomic mass is 9.72. The van der Waals surface area contributed by atoms with Crippen molar-refractivity contribution < 1.29 is 0 Å². The maximum Gasteiger partial charge on any atom is 0.0334 e. The highest BCUT2D eigenvalue weighted by atomic mass is 15.2. The first-order valence-electron chi connectivity index (χ1n) is 9.03. The highest BCUT2D eigenvalue weighted by molar-refractivity contribution is 4.97. The van der Waals surface area contributed by atoms with Crippen molar-refractivity contribution in [3.05, 3.63) is 0 Å². The molecule has 0 aromatic rings. The van der Waals surface area contributed by atoms with Crippen molar-refractivity contribution in [1.29, 1.82) is 0 Å². The predicted octanol–water partition coefficient (Wildman–Crippen LogP) is 3.19. The minimum Gasteiger partial charge on any atom is -0.329 e. The van der Waals surface area contributed by atoms with Gasteiger partial charge in [-0.15, -0.1) is 0 Å². The first-order chi connectivity index (χ1) is 9.93. The van der Waals surface area contributed by atoms with Gasteiger partial charge < -0.3 is 10.6 Å². The van der Waals surface area contributed by atoms with E-state index in [1.165, 1.54) is 45.1 Å². The fourth-order valence-corrected chi connectivity index (χ4v) is 4.11. The molecule has 0 aliphatic heterocycles.